The molecule has 0 bridgehead atoms. The molecule has 1 aromatic carbocycles. The Morgan fingerprint density at radius 3 is 2.55 bits per heavy atom. The number of hydrogen-bond donors (Lipinski definition) is 0. The number of methoxy groups -OCH3 is 1. The average Bonchev–Trinajstić information content (AvgIpc) is 2.52. The highest BCUT2D eigenvalue weighted by atomic mass is 16.6. The summed E-state index contributed by atoms with van der Waals surface area (Å²) in [6.45, 7) is 6.06. The monoisotopic (exact) mass is 307 g/mol. The van der Waals surface area contributed by atoms with Crippen molar-refractivity contribution < 1.29 is 23.7 Å². The summed E-state index contributed by atoms with van der Waals surface area (Å²) < 4.78 is 22.2. The van der Waals surface area contributed by atoms with Crippen LogP contribution >= 0.6 is 0 Å². The van der Waals surface area contributed by atoms with E-state index in [1.54, 1.807) is 19.2 Å². The normalized spacial score (nSPS) is 24.0. The second kappa shape index (κ2) is 6.04. The highest BCUT2D eigenvalue weighted by Gasteiger charge is 2.28. The first-order chi connectivity index (χ1) is 10.6. The van der Waals surface area contributed by atoms with Crippen LogP contribution in [0, 0.1) is 0 Å². The third kappa shape index (κ3) is 2.83. The molecular formula is C16H21NO5. The minimum absolute atomic E-state index is 0.0341. The third-order valence-corrected chi connectivity index (χ3v) is 3.78. The number of morpholine rings is 1. The zero-order valence-electron chi connectivity index (χ0n) is 13.1. The maximum absolute atomic E-state index is 12.8. The molecule has 6 heteroatoms. The Labute approximate surface area is 129 Å². The van der Waals surface area contributed by atoms with E-state index in [1.165, 1.54) is 0 Å². The van der Waals surface area contributed by atoms with Crippen molar-refractivity contribution in [3.63, 3.8) is 0 Å². The van der Waals surface area contributed by atoms with Crippen LogP contribution in [0.3, 0.4) is 0 Å². The molecule has 0 aliphatic carbocycles. The van der Waals surface area contributed by atoms with Crippen molar-refractivity contribution in [3.05, 3.63) is 17.7 Å². The topological polar surface area (TPSA) is 57.2 Å². The number of benzene rings is 1. The van der Waals surface area contributed by atoms with Gasteiger partial charge in [-0.15, -0.1) is 0 Å². The summed E-state index contributed by atoms with van der Waals surface area (Å²) in [6.07, 6.45) is 0.0682. The molecule has 22 heavy (non-hydrogen) atoms. The minimum Gasteiger partial charge on any atom is -0.493 e. The average molecular weight is 307 g/mol. The number of nitrogens with zero attached hydrogens (tertiary/aromatic N) is 1. The van der Waals surface area contributed by atoms with Crippen LogP contribution in [0.1, 0.15) is 24.2 Å². The molecule has 0 aromatic heterocycles. The summed E-state index contributed by atoms with van der Waals surface area (Å²) in [6, 6.07) is 3.44. The fraction of sp³-hybridized carbons (Fsp3) is 0.562. The first-order valence-electron chi connectivity index (χ1n) is 7.51. The van der Waals surface area contributed by atoms with E-state index in [0.717, 1.165) is 0 Å². The van der Waals surface area contributed by atoms with Gasteiger partial charge in [0.15, 0.2) is 11.5 Å². The lowest BCUT2D eigenvalue weighted by Crippen LogP contribution is -2.48. The molecule has 0 saturated carbocycles. The number of amides is 1. The molecule has 2 aliphatic rings. The summed E-state index contributed by atoms with van der Waals surface area (Å²) in [5.41, 5.74) is 0.544. The smallest absolute Gasteiger partial charge is 0.254 e. The number of rotatable bonds is 2. The van der Waals surface area contributed by atoms with Gasteiger partial charge in [-0.25, -0.2) is 0 Å². The molecule has 0 radical (unpaired) electrons. The van der Waals surface area contributed by atoms with E-state index in [9.17, 15) is 4.79 Å². The molecule has 1 amide bonds. The Balaban J connectivity index is 1.89. The van der Waals surface area contributed by atoms with Crippen LogP contribution in [0.5, 0.6) is 17.2 Å². The van der Waals surface area contributed by atoms with Gasteiger partial charge in [0.05, 0.1) is 19.3 Å². The van der Waals surface area contributed by atoms with Crippen LogP contribution in [-0.2, 0) is 4.74 Å². The summed E-state index contributed by atoms with van der Waals surface area (Å²) in [4.78, 5) is 14.6. The van der Waals surface area contributed by atoms with Crippen molar-refractivity contribution in [3.8, 4) is 17.2 Å². The molecule has 120 valence electrons. The number of hydrogen-bond acceptors (Lipinski definition) is 5. The van der Waals surface area contributed by atoms with Crippen LogP contribution in [0.4, 0.5) is 0 Å². The molecule has 2 aliphatic heterocycles. The molecule has 0 unspecified atom stereocenters. The molecule has 2 atom stereocenters. The molecular weight excluding hydrogens is 286 g/mol. The summed E-state index contributed by atoms with van der Waals surface area (Å²) in [5.74, 6) is 1.60. The zero-order chi connectivity index (χ0) is 15.7. The second-order valence-electron chi connectivity index (χ2n) is 5.67. The lowest BCUT2D eigenvalue weighted by molar-refractivity contribution is -0.0586. The van der Waals surface area contributed by atoms with Gasteiger partial charge in [-0.2, -0.15) is 0 Å². The van der Waals surface area contributed by atoms with Crippen molar-refractivity contribution in [2.45, 2.75) is 26.1 Å². The minimum atomic E-state index is -0.0442. The van der Waals surface area contributed by atoms with E-state index in [4.69, 9.17) is 18.9 Å². The predicted octanol–water partition coefficient (Wildman–Crippen LogP) is 1.72. The number of carbonyl (C=O) groups excluding carboxylic acids is 1. The van der Waals surface area contributed by atoms with Crippen molar-refractivity contribution in [1.29, 1.82) is 0 Å². The Kier molecular flexibility index (Phi) is 4.11. The van der Waals surface area contributed by atoms with Crippen LogP contribution in [0.15, 0.2) is 12.1 Å². The predicted molar refractivity (Wildman–Crippen MR) is 79.9 cm³/mol. The molecule has 0 N–H and O–H groups in total. The maximum Gasteiger partial charge on any atom is 0.254 e. The van der Waals surface area contributed by atoms with E-state index in [-0.39, 0.29) is 18.1 Å². The quantitative estimate of drug-likeness (QED) is 0.832. The molecule has 0 spiro atoms. The molecule has 3 rings (SSSR count). The first-order valence-corrected chi connectivity index (χ1v) is 7.51. The van der Waals surface area contributed by atoms with Gasteiger partial charge in [0, 0.05) is 18.7 Å². The Hall–Kier alpha value is -1.95. The largest absolute Gasteiger partial charge is 0.493 e. The molecule has 2 heterocycles. The first kappa shape index (κ1) is 15.0. The number of carbonyl (C=O) groups is 1. The molecule has 1 aromatic rings. The van der Waals surface area contributed by atoms with Crippen molar-refractivity contribution in [1.82, 2.24) is 4.90 Å². The fourth-order valence-corrected chi connectivity index (χ4v) is 2.92. The van der Waals surface area contributed by atoms with Crippen LogP contribution in [0.25, 0.3) is 0 Å². The number of fused-ring (bicyclic) bond motifs is 1. The maximum atomic E-state index is 12.8. The van der Waals surface area contributed by atoms with Crippen LogP contribution < -0.4 is 14.2 Å². The van der Waals surface area contributed by atoms with Gasteiger partial charge >= 0.3 is 0 Å². The second-order valence-corrected chi connectivity index (χ2v) is 5.67. The van der Waals surface area contributed by atoms with Gasteiger partial charge in [-0.1, -0.05) is 0 Å². The lowest BCUT2D eigenvalue weighted by atomic mass is 10.1. The van der Waals surface area contributed by atoms with Crippen LogP contribution in [0.2, 0.25) is 0 Å². The van der Waals surface area contributed by atoms with E-state index < -0.39 is 0 Å². The highest BCUT2D eigenvalue weighted by molar-refractivity contribution is 5.95. The molecule has 1 fully saturated rings. The molecule has 1 saturated heterocycles. The highest BCUT2D eigenvalue weighted by Crippen LogP contribution is 2.40. The van der Waals surface area contributed by atoms with Crippen molar-refractivity contribution in [2.75, 3.05) is 33.4 Å². The van der Waals surface area contributed by atoms with E-state index in [1.807, 2.05) is 18.7 Å². The molecule has 6 nitrogen and oxygen atoms in total. The van der Waals surface area contributed by atoms with E-state index >= 15 is 0 Å². The standard InChI is InChI=1S/C16H21NO5/c1-10-8-17(9-11(2)22-10)16(18)12-6-13(19-3)15-14(7-12)20-4-5-21-15/h6-7,10-11H,4-5,8-9H2,1-3H3/t10-,11-/m1/s1. The van der Waals surface area contributed by atoms with Gasteiger partial charge in [-0.05, 0) is 26.0 Å². The van der Waals surface area contributed by atoms with Crippen molar-refractivity contribution in [2.24, 2.45) is 0 Å². The number of ether oxygens (including phenoxy) is 4. The summed E-state index contributed by atoms with van der Waals surface area (Å²) >= 11 is 0. The lowest BCUT2D eigenvalue weighted by Gasteiger charge is -2.35. The summed E-state index contributed by atoms with van der Waals surface area (Å²) in [5, 5.41) is 0. The Bertz CT molecular complexity index is 547. The van der Waals surface area contributed by atoms with Crippen LogP contribution in [-0.4, -0.2) is 56.4 Å². The Morgan fingerprint density at radius 1 is 1.18 bits per heavy atom. The zero-order valence-corrected chi connectivity index (χ0v) is 13.1. The van der Waals surface area contributed by atoms with E-state index in [0.29, 0.717) is 49.1 Å². The summed E-state index contributed by atoms with van der Waals surface area (Å²) in [7, 11) is 1.56. The van der Waals surface area contributed by atoms with Gasteiger partial charge < -0.3 is 23.8 Å². The van der Waals surface area contributed by atoms with Gasteiger partial charge in [0.2, 0.25) is 5.75 Å². The Morgan fingerprint density at radius 2 is 1.86 bits per heavy atom. The van der Waals surface area contributed by atoms with Gasteiger partial charge in [-0.3, -0.25) is 4.79 Å². The van der Waals surface area contributed by atoms with Gasteiger partial charge in [0.25, 0.3) is 5.91 Å². The SMILES string of the molecule is COc1cc(C(=O)N2C[C@@H](C)O[C@H](C)C2)cc2c1OCCO2. The van der Waals surface area contributed by atoms with Crippen molar-refractivity contribution >= 4 is 5.91 Å². The van der Waals surface area contributed by atoms with Gasteiger partial charge in [0.1, 0.15) is 13.2 Å². The third-order valence-electron chi connectivity index (χ3n) is 3.78. The fourth-order valence-electron chi connectivity index (χ4n) is 2.92. The van der Waals surface area contributed by atoms with E-state index in [2.05, 4.69) is 0 Å².